The van der Waals surface area contributed by atoms with Crippen LogP contribution in [0.25, 0.3) is 10.8 Å². The number of alkyl halides is 1. The minimum Gasteiger partial charge on any atom is -0.298 e. The second-order valence-electron chi connectivity index (χ2n) is 3.69. The van der Waals surface area contributed by atoms with E-state index in [0.717, 1.165) is 27.1 Å². The van der Waals surface area contributed by atoms with E-state index < -0.39 is 0 Å². The normalized spacial score (nSPS) is 10.8. The zero-order chi connectivity index (χ0) is 12.4. The Labute approximate surface area is 118 Å². The molecule has 0 aliphatic rings. The molecule has 17 heavy (non-hydrogen) atoms. The molecule has 0 fully saturated rings. The molecule has 2 rings (SSSR count). The van der Waals surface area contributed by atoms with Crippen LogP contribution in [0.2, 0.25) is 5.02 Å². The van der Waals surface area contributed by atoms with E-state index in [4.69, 9.17) is 23.2 Å². The van der Waals surface area contributed by atoms with Crippen LogP contribution in [0.1, 0.15) is 15.9 Å². The van der Waals surface area contributed by atoms with Gasteiger partial charge in [0.2, 0.25) is 0 Å². The van der Waals surface area contributed by atoms with Crippen molar-refractivity contribution in [2.45, 2.75) is 6.42 Å². The summed E-state index contributed by atoms with van der Waals surface area (Å²) >= 11 is 15.3. The van der Waals surface area contributed by atoms with Crippen molar-refractivity contribution in [1.82, 2.24) is 0 Å². The van der Waals surface area contributed by atoms with E-state index in [2.05, 4.69) is 15.9 Å². The molecule has 2 aromatic rings. The maximum Gasteiger partial charge on any atom is 0.152 e. The lowest BCUT2D eigenvalue weighted by Gasteiger charge is -2.09. The van der Waals surface area contributed by atoms with Crippen LogP contribution in [0.5, 0.6) is 0 Å². The highest BCUT2D eigenvalue weighted by atomic mass is 79.9. The number of halogens is 3. The Morgan fingerprint density at radius 3 is 2.71 bits per heavy atom. The van der Waals surface area contributed by atoms with Crippen molar-refractivity contribution in [2.75, 3.05) is 5.88 Å². The number of rotatable bonds is 3. The molecule has 0 aliphatic carbocycles. The number of hydrogen-bond acceptors (Lipinski definition) is 1. The predicted molar refractivity (Wildman–Crippen MR) is 76.5 cm³/mol. The third-order valence-electron chi connectivity index (χ3n) is 2.64. The van der Waals surface area contributed by atoms with Gasteiger partial charge in [0.1, 0.15) is 0 Å². The Morgan fingerprint density at radius 1 is 1.29 bits per heavy atom. The summed E-state index contributed by atoms with van der Waals surface area (Å²) in [7, 11) is 0. The van der Waals surface area contributed by atoms with Crippen LogP contribution < -0.4 is 0 Å². The van der Waals surface area contributed by atoms with Gasteiger partial charge in [-0.05, 0) is 41.0 Å². The van der Waals surface area contributed by atoms with Crippen molar-refractivity contribution in [1.29, 1.82) is 0 Å². The van der Waals surface area contributed by atoms with Gasteiger partial charge in [-0.1, -0.05) is 33.6 Å². The summed E-state index contributed by atoms with van der Waals surface area (Å²) in [6, 6.07) is 7.78. The zero-order valence-corrected chi connectivity index (χ0v) is 11.9. The van der Waals surface area contributed by atoms with Gasteiger partial charge in [-0.25, -0.2) is 0 Å². The summed E-state index contributed by atoms with van der Waals surface area (Å²) in [5.41, 5.74) is 1.45. The number of aryl methyl sites for hydroxylation is 1. The molecule has 0 aromatic heterocycles. The molecule has 0 saturated carbocycles. The molecule has 2 aromatic carbocycles. The van der Waals surface area contributed by atoms with E-state index in [-0.39, 0.29) is 0 Å². The van der Waals surface area contributed by atoms with Gasteiger partial charge in [-0.3, -0.25) is 4.79 Å². The lowest BCUT2D eigenvalue weighted by Crippen LogP contribution is -1.94. The summed E-state index contributed by atoms with van der Waals surface area (Å²) in [6.07, 6.45) is 1.46. The minimum absolute atomic E-state index is 0.486. The van der Waals surface area contributed by atoms with E-state index in [9.17, 15) is 4.79 Å². The number of benzene rings is 2. The first-order valence-corrected chi connectivity index (χ1v) is 6.79. The first-order valence-electron chi connectivity index (χ1n) is 5.09. The number of fused-ring (bicyclic) bond motifs is 1. The highest BCUT2D eigenvalue weighted by Gasteiger charge is 2.11. The van der Waals surface area contributed by atoms with Gasteiger partial charge in [0.25, 0.3) is 0 Å². The summed E-state index contributed by atoms with van der Waals surface area (Å²) in [5.74, 6) is 0.486. The largest absolute Gasteiger partial charge is 0.298 e. The first kappa shape index (κ1) is 12.9. The zero-order valence-electron chi connectivity index (χ0n) is 8.84. The Balaban J connectivity index is 2.79. The Hall–Kier alpha value is -0.570. The minimum atomic E-state index is 0.486. The molecule has 0 atom stereocenters. The van der Waals surface area contributed by atoms with Crippen molar-refractivity contribution in [3.8, 4) is 0 Å². The Morgan fingerprint density at radius 2 is 2.06 bits per heavy atom. The van der Waals surface area contributed by atoms with E-state index in [1.54, 1.807) is 0 Å². The van der Waals surface area contributed by atoms with Crippen molar-refractivity contribution in [3.63, 3.8) is 0 Å². The fourth-order valence-corrected chi connectivity index (χ4v) is 2.69. The van der Waals surface area contributed by atoms with Gasteiger partial charge >= 0.3 is 0 Å². The average Bonchev–Trinajstić information content (AvgIpc) is 2.31. The third kappa shape index (κ3) is 2.49. The van der Waals surface area contributed by atoms with E-state index in [1.165, 1.54) is 0 Å². The number of carbonyl (C=O) groups excluding carboxylic acids is 1. The second kappa shape index (κ2) is 5.38. The first-order chi connectivity index (χ1) is 8.17. The Kier molecular flexibility index (Phi) is 4.08. The van der Waals surface area contributed by atoms with Gasteiger partial charge in [0.15, 0.2) is 6.29 Å². The van der Waals surface area contributed by atoms with Crippen LogP contribution in [-0.4, -0.2) is 12.2 Å². The van der Waals surface area contributed by atoms with E-state index in [1.807, 2.05) is 24.3 Å². The summed E-state index contributed by atoms with van der Waals surface area (Å²) in [5, 5.41) is 2.36. The molecular formula is C13H9BrCl2O. The molecule has 0 bridgehead atoms. The lowest BCUT2D eigenvalue weighted by atomic mass is 10.00. The van der Waals surface area contributed by atoms with Crippen LogP contribution in [0.3, 0.4) is 0 Å². The molecular weight excluding hydrogens is 323 g/mol. The molecule has 0 saturated heterocycles. The van der Waals surface area contributed by atoms with Crippen molar-refractivity contribution in [3.05, 3.63) is 44.9 Å². The molecule has 0 spiro atoms. The van der Waals surface area contributed by atoms with E-state index >= 15 is 0 Å². The monoisotopic (exact) mass is 330 g/mol. The van der Waals surface area contributed by atoms with Gasteiger partial charge in [-0.2, -0.15) is 0 Å². The number of aldehydes is 1. The smallest absolute Gasteiger partial charge is 0.152 e. The average molecular weight is 332 g/mol. The summed E-state index contributed by atoms with van der Waals surface area (Å²) in [6.45, 7) is 0. The molecule has 0 heterocycles. The summed E-state index contributed by atoms with van der Waals surface area (Å²) < 4.78 is 0.925. The molecule has 0 radical (unpaired) electrons. The molecule has 0 N–H and O–H groups in total. The summed E-state index contributed by atoms with van der Waals surface area (Å²) in [4.78, 5) is 11.2. The number of hydrogen-bond donors (Lipinski definition) is 0. The lowest BCUT2D eigenvalue weighted by molar-refractivity contribution is 0.112. The van der Waals surface area contributed by atoms with Crippen molar-refractivity contribution < 1.29 is 4.79 Å². The predicted octanol–water partition coefficient (Wildman–Crippen LogP) is 4.85. The second-order valence-corrected chi connectivity index (χ2v) is 5.36. The van der Waals surface area contributed by atoms with Crippen LogP contribution in [0.15, 0.2) is 28.7 Å². The SMILES string of the molecule is O=Cc1c(Cl)c(CCCl)cc2ccc(Br)cc12. The maximum absolute atomic E-state index is 11.2. The van der Waals surface area contributed by atoms with Crippen LogP contribution in [0, 0.1) is 0 Å². The molecule has 0 unspecified atom stereocenters. The Bertz CT molecular complexity index is 581. The highest BCUT2D eigenvalue weighted by molar-refractivity contribution is 9.10. The standard InChI is InChI=1S/C13H9BrCl2O/c14-10-2-1-8-5-9(3-4-15)13(16)12(7-17)11(8)6-10/h1-2,5-7H,3-4H2. The van der Waals surface area contributed by atoms with Crippen LogP contribution >= 0.6 is 39.1 Å². The van der Waals surface area contributed by atoms with Crippen molar-refractivity contribution >= 4 is 56.2 Å². The van der Waals surface area contributed by atoms with Crippen LogP contribution in [-0.2, 0) is 6.42 Å². The number of carbonyl (C=O) groups is 1. The van der Waals surface area contributed by atoms with Gasteiger partial charge in [0, 0.05) is 15.9 Å². The fourth-order valence-electron chi connectivity index (χ4n) is 1.83. The maximum atomic E-state index is 11.2. The molecule has 0 amide bonds. The third-order valence-corrected chi connectivity index (χ3v) is 3.76. The van der Waals surface area contributed by atoms with Crippen molar-refractivity contribution in [2.24, 2.45) is 0 Å². The fraction of sp³-hybridized carbons (Fsp3) is 0.154. The molecule has 0 aliphatic heterocycles. The molecule has 4 heteroatoms. The van der Waals surface area contributed by atoms with Crippen LogP contribution in [0.4, 0.5) is 0 Å². The molecule has 1 nitrogen and oxygen atoms in total. The molecule has 88 valence electrons. The van der Waals surface area contributed by atoms with Gasteiger partial charge in [-0.15, -0.1) is 11.6 Å². The van der Waals surface area contributed by atoms with Gasteiger partial charge in [0.05, 0.1) is 5.02 Å². The quantitative estimate of drug-likeness (QED) is 0.580. The van der Waals surface area contributed by atoms with E-state index in [0.29, 0.717) is 22.9 Å². The highest BCUT2D eigenvalue weighted by Crippen LogP contribution is 2.31. The topological polar surface area (TPSA) is 17.1 Å². The van der Waals surface area contributed by atoms with Gasteiger partial charge < -0.3 is 0 Å².